The van der Waals surface area contributed by atoms with Crippen molar-refractivity contribution in [3.8, 4) is 0 Å². The van der Waals surface area contributed by atoms with Crippen LogP contribution >= 0.6 is 23.2 Å². The molecular weight excluding hydrogens is 94.9 g/mol. The Morgan fingerprint density at radius 3 is 2.00 bits per heavy atom. The Kier molecular flexibility index (Phi) is 1.30. The minimum absolute atomic E-state index is 1.31. The summed E-state index contributed by atoms with van der Waals surface area (Å²) >= 11 is 9.92. The lowest BCUT2D eigenvalue weighted by molar-refractivity contribution is 1.39. The summed E-state index contributed by atoms with van der Waals surface area (Å²) in [5.74, 6) is 0. The molecule has 0 amide bonds. The van der Waals surface area contributed by atoms with Crippen molar-refractivity contribution in [3.63, 3.8) is 0 Å². The second-order valence-corrected chi connectivity index (χ2v) is 1.78. The van der Waals surface area contributed by atoms with E-state index in [-0.39, 0.29) is 0 Å². The van der Waals surface area contributed by atoms with Gasteiger partial charge in [0.1, 0.15) is 4.81 Å². The molecule has 0 aliphatic rings. The second kappa shape index (κ2) is 1.86. The Balaban J connectivity index is 3.02. The van der Waals surface area contributed by atoms with Crippen LogP contribution in [0.15, 0.2) is 0 Å². The zero-order valence-corrected chi connectivity index (χ0v) is 3.77. The quantitative estimate of drug-likeness (QED) is 0.407. The third-order valence-electron chi connectivity index (χ3n) is 0. The van der Waals surface area contributed by atoms with Crippen molar-refractivity contribution < 1.29 is 1.37 Å². The lowest BCUT2D eigenvalue weighted by atomic mass is 11.0. The van der Waals surface area contributed by atoms with Gasteiger partial charge in [-0.1, -0.05) is 0 Å². The molecule has 0 N–H and O–H groups in total. The predicted molar refractivity (Wildman–Crippen MR) is 21.2 cm³/mol. The number of rotatable bonds is 0. The first-order valence-corrected chi connectivity index (χ1v) is 1.63. The highest BCUT2D eigenvalue weighted by molar-refractivity contribution is 6.43. The monoisotopic (exact) mass is 99.0 g/mol. The molecule has 0 aromatic carbocycles. The smallest absolute Gasteiger partial charge is 0.105 e. The van der Waals surface area contributed by atoms with Gasteiger partial charge in [0.25, 0.3) is 0 Å². The van der Waals surface area contributed by atoms with Crippen LogP contribution in [0.5, 0.6) is 0 Å². The number of hydrogen-bond acceptors (Lipinski definition) is 0. The molecule has 0 aliphatic heterocycles. The molecule has 0 aliphatic carbocycles. The van der Waals surface area contributed by atoms with Gasteiger partial charge in [-0.15, -0.1) is 23.2 Å². The third kappa shape index (κ3) is 19.1. The average Bonchev–Trinajstić information content (AvgIpc) is 0.722. The summed E-state index contributed by atoms with van der Waals surface area (Å²) in [6, 6.07) is 0. The maximum Gasteiger partial charge on any atom is 0.105 e. The first-order chi connectivity index (χ1) is 2.00. The van der Waals surface area contributed by atoms with Crippen LogP contribution in [-0.4, -0.2) is 4.81 Å². The highest BCUT2D eigenvalue weighted by Gasteiger charge is 1.75. The molecule has 0 nitrogen and oxygen atoms in total. The standard InChI is InChI=1S/C2H4Cl2/c1-2(3)4/h2H,1H3/i2D. The van der Waals surface area contributed by atoms with Crippen molar-refractivity contribution in [1.29, 1.82) is 0 Å². The van der Waals surface area contributed by atoms with Crippen molar-refractivity contribution in [1.82, 2.24) is 0 Å². The molecule has 0 rings (SSSR count). The number of hydrogen-bond donors (Lipinski definition) is 0. The van der Waals surface area contributed by atoms with Crippen LogP contribution in [0.1, 0.15) is 8.29 Å². The second-order valence-electron chi connectivity index (χ2n) is 0.449. The van der Waals surface area contributed by atoms with Crippen molar-refractivity contribution in [2.45, 2.75) is 11.7 Å². The first kappa shape index (κ1) is 2.80. The molecule has 4 heavy (non-hydrogen) atoms. The largest absolute Gasteiger partial charge is 0.106 e. The van der Waals surface area contributed by atoms with E-state index in [9.17, 15) is 0 Å². The fourth-order valence-electron chi connectivity index (χ4n) is 0. The third-order valence-corrected chi connectivity index (χ3v) is 0. The van der Waals surface area contributed by atoms with Crippen molar-refractivity contribution in [2.75, 3.05) is 0 Å². The molecule has 0 fully saturated rings. The Morgan fingerprint density at radius 1 is 2.00 bits per heavy atom. The SMILES string of the molecule is [2H]C(C)(Cl)Cl. The van der Waals surface area contributed by atoms with E-state index in [2.05, 4.69) is 0 Å². The molecule has 0 aromatic heterocycles. The maximum absolute atomic E-state index is 6.47. The van der Waals surface area contributed by atoms with Gasteiger partial charge in [0.2, 0.25) is 0 Å². The van der Waals surface area contributed by atoms with Gasteiger partial charge in [0.05, 0.1) is 1.37 Å². The van der Waals surface area contributed by atoms with Crippen LogP contribution in [0.2, 0.25) is 0 Å². The zero-order valence-electron chi connectivity index (χ0n) is 3.26. The van der Waals surface area contributed by atoms with E-state index in [0.717, 1.165) is 0 Å². The molecule has 26 valence electrons. The molecule has 0 saturated heterocycles. The number of alkyl halides is 2. The van der Waals surface area contributed by atoms with E-state index in [1.165, 1.54) is 6.92 Å². The molecule has 0 saturated carbocycles. The number of halogens is 2. The highest BCUT2D eigenvalue weighted by atomic mass is 35.5. The fraction of sp³-hybridized carbons (Fsp3) is 1.00. The van der Waals surface area contributed by atoms with Crippen molar-refractivity contribution in [3.05, 3.63) is 0 Å². The van der Waals surface area contributed by atoms with Crippen LogP contribution < -0.4 is 0 Å². The molecule has 0 aromatic rings. The van der Waals surface area contributed by atoms with Gasteiger partial charge in [0, 0.05) is 0 Å². The van der Waals surface area contributed by atoms with Gasteiger partial charge in [-0.3, -0.25) is 0 Å². The van der Waals surface area contributed by atoms with E-state index in [4.69, 9.17) is 24.6 Å². The minimum Gasteiger partial charge on any atom is -0.106 e. The molecule has 2 heteroatoms. The van der Waals surface area contributed by atoms with E-state index < -0.39 is 4.81 Å². The molecule has 0 heterocycles. The lowest BCUT2D eigenvalue weighted by Crippen LogP contribution is -1.63. The van der Waals surface area contributed by atoms with Crippen LogP contribution in [0, 0.1) is 0 Å². The van der Waals surface area contributed by atoms with Gasteiger partial charge in [-0.2, -0.15) is 0 Å². The topological polar surface area (TPSA) is 0 Å². The lowest BCUT2D eigenvalue weighted by Gasteiger charge is -1.72. The van der Waals surface area contributed by atoms with E-state index >= 15 is 0 Å². The molecular formula is C2H4Cl2. The molecule has 0 unspecified atom stereocenters. The molecule has 0 atom stereocenters. The van der Waals surface area contributed by atoms with Gasteiger partial charge in [-0.25, -0.2) is 0 Å². The summed E-state index contributed by atoms with van der Waals surface area (Å²) in [4.78, 5) is -1.31. The normalized spacial score (nSPS) is 15.2. The summed E-state index contributed by atoms with van der Waals surface area (Å²) in [6.45, 7) is 1.39. The molecule has 0 bridgehead atoms. The Morgan fingerprint density at radius 2 is 2.00 bits per heavy atom. The van der Waals surface area contributed by atoms with Crippen LogP contribution in [0.25, 0.3) is 0 Å². The van der Waals surface area contributed by atoms with Crippen molar-refractivity contribution in [2.24, 2.45) is 0 Å². The van der Waals surface area contributed by atoms with Gasteiger partial charge < -0.3 is 0 Å². The van der Waals surface area contributed by atoms with Gasteiger partial charge in [-0.05, 0) is 6.92 Å². The Labute approximate surface area is 37.1 Å². The van der Waals surface area contributed by atoms with Gasteiger partial charge >= 0.3 is 0 Å². The fourth-order valence-corrected chi connectivity index (χ4v) is 0. The Hall–Kier alpha value is 0.580. The van der Waals surface area contributed by atoms with Gasteiger partial charge in [0.15, 0.2) is 0 Å². The van der Waals surface area contributed by atoms with E-state index in [1.807, 2.05) is 0 Å². The highest BCUT2D eigenvalue weighted by Crippen LogP contribution is 1.95. The van der Waals surface area contributed by atoms with E-state index in [1.54, 1.807) is 0 Å². The summed E-state index contributed by atoms with van der Waals surface area (Å²) in [7, 11) is 0. The maximum atomic E-state index is 6.47. The summed E-state index contributed by atoms with van der Waals surface area (Å²) in [5.41, 5.74) is 0. The summed E-state index contributed by atoms with van der Waals surface area (Å²) in [5, 5.41) is 0. The summed E-state index contributed by atoms with van der Waals surface area (Å²) in [6.07, 6.45) is 0. The van der Waals surface area contributed by atoms with Crippen LogP contribution in [0.3, 0.4) is 0 Å². The first-order valence-electron chi connectivity index (χ1n) is 1.38. The zero-order chi connectivity index (χ0) is 4.50. The summed E-state index contributed by atoms with van der Waals surface area (Å²) < 4.78 is 6.47. The molecule has 0 radical (unpaired) electrons. The van der Waals surface area contributed by atoms with Crippen LogP contribution in [0.4, 0.5) is 0 Å². The van der Waals surface area contributed by atoms with E-state index in [0.29, 0.717) is 0 Å². The van der Waals surface area contributed by atoms with Crippen LogP contribution in [-0.2, 0) is 0 Å². The molecule has 0 spiro atoms. The predicted octanol–water partition coefficient (Wildman–Crippen LogP) is 1.81. The average molecular weight is 100.0 g/mol. The Bertz CT molecular complexity index is 23.1. The minimum atomic E-state index is -1.31. The van der Waals surface area contributed by atoms with Crippen molar-refractivity contribution >= 4 is 23.2 Å².